The number of carbonyl (C=O) groups is 9. The maximum Gasteiger partial charge on any atom is 0.429 e. The van der Waals surface area contributed by atoms with Crippen LogP contribution in [0.2, 0.25) is 0 Å². The molecule has 5 rings (SSSR count). The standard InChI is InChI=1S/C59H88BrN9O15/c1-36(2)53(66-49(71)15-9-8-10-26-63-51(73)33-60)56(77)69(46(55(61)76)14-13-27-64-57(62)78)43-21-19-42(20-22-43)34-80-58(79)68-29-12-11-28-67(68)52(74)31-44-32-59(35-81-59)54(75)48(84-44)24-17-37(3)16-23-47-38(4)30-45(40(6)83-47)65-50(72)25-18-39(5)82-41(7)70/h16-22,24-25,36,38-40,44-48,53-54,75H,8-15,23,26-35H2,1-7H3,(H2,61,76)(H,63,73)(H,65,72)(H,66,71)(H3,62,64,78)/b24-17+,25-18-,37-16+/t38-,39-,40+,44+,45+,46-,47-,48+,53-,54+,59+/m0/s1. The Morgan fingerprint density at radius 2 is 1.60 bits per heavy atom. The predicted octanol–water partition coefficient (Wildman–Crippen LogP) is 4.39. The van der Waals surface area contributed by atoms with Gasteiger partial charge in [0.25, 0.3) is 5.91 Å². The first-order chi connectivity index (χ1) is 39.9. The van der Waals surface area contributed by atoms with Crippen LogP contribution >= 0.6 is 15.9 Å². The number of epoxide rings is 1. The lowest BCUT2D eigenvalue weighted by molar-refractivity contribution is -0.163. The van der Waals surface area contributed by atoms with E-state index in [1.165, 1.54) is 34.0 Å². The molecule has 24 nitrogen and oxygen atoms in total. The summed E-state index contributed by atoms with van der Waals surface area (Å²) in [7, 11) is 0. The van der Waals surface area contributed by atoms with Crippen molar-refractivity contribution >= 4 is 75.2 Å². The number of aliphatic hydroxyl groups is 1. The van der Waals surface area contributed by atoms with Crippen LogP contribution in [-0.4, -0.2) is 167 Å². The molecule has 9 amide bonds. The van der Waals surface area contributed by atoms with Crippen LogP contribution in [0.15, 0.2) is 60.2 Å². The highest BCUT2D eigenvalue weighted by Crippen LogP contribution is 2.44. The third kappa shape index (κ3) is 21.3. The molecule has 4 saturated heterocycles. The lowest BCUT2D eigenvalue weighted by Gasteiger charge is -2.40. The molecule has 0 aliphatic carbocycles. The van der Waals surface area contributed by atoms with Gasteiger partial charge in [-0.15, -0.1) is 0 Å². The Hall–Kier alpha value is -6.41. The molecule has 4 aliphatic rings. The van der Waals surface area contributed by atoms with Crippen LogP contribution in [0.4, 0.5) is 15.3 Å². The van der Waals surface area contributed by atoms with Crippen molar-refractivity contribution in [3.05, 3.63) is 65.8 Å². The molecule has 4 aliphatic heterocycles. The normalized spacial score (nSPS) is 24.5. The van der Waals surface area contributed by atoms with Gasteiger partial charge in [-0.3, -0.25) is 38.5 Å². The number of halogens is 1. The summed E-state index contributed by atoms with van der Waals surface area (Å²) in [6.45, 7) is 13.6. The molecule has 0 unspecified atom stereocenters. The van der Waals surface area contributed by atoms with Gasteiger partial charge in [-0.05, 0) is 108 Å². The molecule has 0 radical (unpaired) electrons. The van der Waals surface area contributed by atoms with E-state index in [-0.39, 0.29) is 117 Å². The van der Waals surface area contributed by atoms with Gasteiger partial charge in [0.1, 0.15) is 42.6 Å². The van der Waals surface area contributed by atoms with Crippen molar-refractivity contribution in [3.63, 3.8) is 0 Å². The Bertz CT molecular complexity index is 2530. The van der Waals surface area contributed by atoms with E-state index in [9.17, 15) is 48.3 Å². The summed E-state index contributed by atoms with van der Waals surface area (Å²) in [6.07, 6.45) is 9.54. The van der Waals surface area contributed by atoms with Crippen molar-refractivity contribution < 1.29 is 71.9 Å². The number of rotatable bonds is 29. The van der Waals surface area contributed by atoms with E-state index in [1.807, 2.05) is 26.0 Å². The number of nitrogens with one attached hydrogen (secondary N) is 4. The minimum Gasteiger partial charge on any atom is -0.459 e. The Kier molecular flexibility index (Phi) is 27.1. The van der Waals surface area contributed by atoms with Crippen molar-refractivity contribution in [3.8, 4) is 0 Å². The van der Waals surface area contributed by atoms with E-state index in [4.69, 9.17) is 35.2 Å². The zero-order chi connectivity index (χ0) is 61.7. The quantitative estimate of drug-likeness (QED) is 0.0146. The number of esters is 1. The summed E-state index contributed by atoms with van der Waals surface area (Å²) in [5.74, 6) is -3.29. The fourth-order valence-electron chi connectivity index (χ4n) is 10.5. The van der Waals surface area contributed by atoms with Gasteiger partial charge in [0.05, 0.1) is 42.7 Å². The van der Waals surface area contributed by atoms with Gasteiger partial charge in [-0.1, -0.05) is 79.1 Å². The van der Waals surface area contributed by atoms with E-state index in [0.29, 0.717) is 63.7 Å². The third-order valence-corrected chi connectivity index (χ3v) is 15.8. The highest BCUT2D eigenvalue weighted by Gasteiger charge is 2.58. The van der Waals surface area contributed by atoms with Crippen LogP contribution in [0.5, 0.6) is 0 Å². The number of aliphatic hydroxyl groups excluding tert-OH is 1. The first kappa shape index (κ1) is 68.4. The maximum atomic E-state index is 14.6. The average molecular weight is 1240 g/mol. The molecular formula is C59H88BrN9O15. The molecule has 1 aromatic carbocycles. The Labute approximate surface area is 500 Å². The molecule has 84 heavy (non-hydrogen) atoms. The largest absolute Gasteiger partial charge is 0.459 e. The molecule has 4 fully saturated rings. The van der Waals surface area contributed by atoms with Crippen LogP contribution in [0, 0.1) is 11.8 Å². The van der Waals surface area contributed by atoms with Crippen LogP contribution in [0.25, 0.3) is 0 Å². The molecular weight excluding hydrogens is 1150 g/mol. The summed E-state index contributed by atoms with van der Waals surface area (Å²) in [5, 5.41) is 25.3. The van der Waals surface area contributed by atoms with Gasteiger partial charge >= 0.3 is 18.1 Å². The van der Waals surface area contributed by atoms with E-state index in [2.05, 4.69) is 44.1 Å². The molecule has 0 bridgehead atoms. The minimum absolute atomic E-state index is 0.0433. The van der Waals surface area contributed by atoms with Crippen LogP contribution < -0.4 is 37.6 Å². The zero-order valence-electron chi connectivity index (χ0n) is 49.5. The number of primary amides is 2. The molecule has 0 aromatic heterocycles. The number of amides is 9. The second-order valence-corrected chi connectivity index (χ2v) is 23.1. The number of hydrogen-bond acceptors (Lipinski definition) is 15. The second kappa shape index (κ2) is 33.3. The minimum atomic E-state index is -1.20. The monoisotopic (exact) mass is 1240 g/mol. The number of alkyl halides is 1. The number of hydrogen-bond donors (Lipinski definition) is 7. The number of urea groups is 1. The number of anilines is 1. The molecule has 25 heteroatoms. The summed E-state index contributed by atoms with van der Waals surface area (Å²) in [5.41, 5.74) is 12.0. The van der Waals surface area contributed by atoms with E-state index >= 15 is 0 Å². The summed E-state index contributed by atoms with van der Waals surface area (Å²) in [4.78, 5) is 117. The van der Waals surface area contributed by atoms with E-state index in [1.54, 1.807) is 51.1 Å². The molecule has 466 valence electrons. The van der Waals surface area contributed by atoms with Gasteiger partial charge in [-0.2, -0.15) is 0 Å². The number of allylic oxidation sites excluding steroid dienone is 2. The number of benzene rings is 1. The maximum absolute atomic E-state index is 14.6. The highest BCUT2D eigenvalue weighted by atomic mass is 79.9. The van der Waals surface area contributed by atoms with Gasteiger partial charge in [0.15, 0.2) is 0 Å². The third-order valence-electron chi connectivity index (χ3n) is 15.3. The smallest absolute Gasteiger partial charge is 0.429 e. The summed E-state index contributed by atoms with van der Waals surface area (Å²) < 4.78 is 29.3. The van der Waals surface area contributed by atoms with Gasteiger partial charge in [0, 0.05) is 57.7 Å². The zero-order valence-corrected chi connectivity index (χ0v) is 51.1. The van der Waals surface area contributed by atoms with Crippen molar-refractivity contribution in [2.24, 2.45) is 23.3 Å². The van der Waals surface area contributed by atoms with Gasteiger partial charge in [0.2, 0.25) is 29.5 Å². The van der Waals surface area contributed by atoms with Crippen LogP contribution in [0.3, 0.4) is 0 Å². The molecule has 9 N–H and O–H groups in total. The average Bonchev–Trinajstić information content (AvgIpc) is 2.09. The van der Waals surface area contributed by atoms with Gasteiger partial charge < -0.3 is 61.5 Å². The number of carbonyl (C=O) groups excluding carboxylic acids is 9. The number of nitrogens with two attached hydrogens (primary N) is 2. The Morgan fingerprint density at radius 3 is 2.24 bits per heavy atom. The van der Waals surface area contributed by atoms with Crippen molar-refractivity contribution in [1.82, 2.24) is 31.3 Å². The Balaban J connectivity index is 1.18. The number of nitrogens with zero attached hydrogens (tertiary/aromatic N) is 3. The molecule has 4 heterocycles. The van der Waals surface area contributed by atoms with Crippen LogP contribution in [-0.2, 0) is 63.9 Å². The first-order valence-electron chi connectivity index (χ1n) is 29.2. The fraction of sp³-hybridized carbons (Fsp3) is 0.644. The topological polar surface area (TPSA) is 333 Å². The van der Waals surface area contributed by atoms with E-state index in [0.717, 1.165) is 5.57 Å². The van der Waals surface area contributed by atoms with Crippen molar-refractivity contribution in [2.45, 2.75) is 192 Å². The van der Waals surface area contributed by atoms with Crippen molar-refractivity contribution in [1.29, 1.82) is 0 Å². The fourth-order valence-corrected chi connectivity index (χ4v) is 10.7. The number of unbranched alkanes of at least 4 members (excludes halogenated alkanes) is 2. The molecule has 0 saturated carbocycles. The lowest BCUT2D eigenvalue weighted by Crippen LogP contribution is -2.57. The van der Waals surface area contributed by atoms with Gasteiger partial charge in [-0.25, -0.2) is 19.6 Å². The summed E-state index contributed by atoms with van der Waals surface area (Å²) in [6, 6.07) is 3.18. The highest BCUT2D eigenvalue weighted by molar-refractivity contribution is 9.09. The molecule has 1 spiro atoms. The van der Waals surface area contributed by atoms with Crippen molar-refractivity contribution in [2.75, 3.05) is 43.0 Å². The molecule has 11 atom stereocenters. The lowest BCUT2D eigenvalue weighted by atomic mass is 9.87. The van der Waals surface area contributed by atoms with Crippen LogP contribution in [0.1, 0.15) is 131 Å². The summed E-state index contributed by atoms with van der Waals surface area (Å²) >= 11 is 3.10. The number of hydrazine groups is 1. The predicted molar refractivity (Wildman–Crippen MR) is 314 cm³/mol. The Morgan fingerprint density at radius 1 is 0.905 bits per heavy atom. The molecule has 1 aromatic rings. The second-order valence-electron chi connectivity index (χ2n) is 22.6. The van der Waals surface area contributed by atoms with E-state index < -0.39 is 77.9 Å². The first-order valence-corrected chi connectivity index (χ1v) is 30.3. The number of ether oxygens (including phenoxy) is 5. The SMILES string of the molecule is CC(=O)O[C@@H](C)/C=C\C(=O)N[C@@H]1C[C@H](C)[C@H](C/C=C(C)/C=C/[C@H]2O[C@H](CC(=O)N3CCCCN3C(=O)OCc3ccc(N(C(=O)[C@@H](NC(=O)CCCCCNC(=O)CBr)C(C)C)[C@@H](CCCNC(N)=O)C(N)=O)cc3)C[C@@]3(CO3)[C@@H]2O)O[C@@H]1C.